The number of nitrogens with two attached hydrogens (primary N) is 1. The molecule has 2 amide bonds. The molecular formula is C9H19N3O2. The molecule has 3 N–H and O–H groups in total. The molecule has 0 heterocycles. The van der Waals surface area contributed by atoms with Gasteiger partial charge in [0.15, 0.2) is 0 Å². The highest BCUT2D eigenvalue weighted by Gasteiger charge is 2.17. The second-order valence-electron chi connectivity index (χ2n) is 3.78. The standard InChI is InChI=1S/C9H19N3O2/c1-6(2)8(10)9(14)11-5-7(13)12(3)4/h6,8H,5,10H2,1-4H3,(H,11,14)/t8-/m1/s1. The van der Waals surface area contributed by atoms with Crippen molar-refractivity contribution in [2.75, 3.05) is 20.6 Å². The second kappa shape index (κ2) is 5.59. The number of carbonyl (C=O) groups is 2. The van der Waals surface area contributed by atoms with E-state index in [1.54, 1.807) is 14.1 Å². The van der Waals surface area contributed by atoms with Gasteiger partial charge in [0.25, 0.3) is 0 Å². The fourth-order valence-corrected chi connectivity index (χ4v) is 0.741. The van der Waals surface area contributed by atoms with Crippen LogP contribution in [-0.2, 0) is 9.59 Å². The van der Waals surface area contributed by atoms with Gasteiger partial charge in [-0.25, -0.2) is 0 Å². The Bertz CT molecular complexity index is 214. The van der Waals surface area contributed by atoms with Crippen LogP contribution in [0.1, 0.15) is 13.8 Å². The Labute approximate surface area is 84.6 Å². The molecule has 14 heavy (non-hydrogen) atoms. The molecule has 0 aliphatic heterocycles. The summed E-state index contributed by atoms with van der Waals surface area (Å²) in [5, 5.41) is 2.49. The number of hydrogen-bond donors (Lipinski definition) is 2. The van der Waals surface area contributed by atoms with E-state index in [0.717, 1.165) is 0 Å². The molecule has 82 valence electrons. The third-order valence-electron chi connectivity index (χ3n) is 1.93. The lowest BCUT2D eigenvalue weighted by atomic mass is 10.1. The molecule has 5 heteroatoms. The van der Waals surface area contributed by atoms with E-state index in [0.29, 0.717) is 0 Å². The Morgan fingerprint density at radius 1 is 1.36 bits per heavy atom. The fraction of sp³-hybridized carbons (Fsp3) is 0.778. The summed E-state index contributed by atoms with van der Waals surface area (Å²) >= 11 is 0. The molecule has 0 spiro atoms. The molecule has 5 nitrogen and oxygen atoms in total. The molecular weight excluding hydrogens is 182 g/mol. The third-order valence-corrected chi connectivity index (χ3v) is 1.93. The molecule has 0 aromatic rings. The van der Waals surface area contributed by atoms with E-state index in [9.17, 15) is 9.59 Å². The SMILES string of the molecule is CC(C)[C@@H](N)C(=O)NCC(=O)N(C)C. The van der Waals surface area contributed by atoms with Crippen molar-refractivity contribution in [3.63, 3.8) is 0 Å². The molecule has 0 fully saturated rings. The monoisotopic (exact) mass is 201 g/mol. The number of nitrogens with one attached hydrogen (secondary N) is 1. The van der Waals surface area contributed by atoms with Gasteiger partial charge in [-0.3, -0.25) is 9.59 Å². The first-order chi connectivity index (χ1) is 6.36. The zero-order chi connectivity index (χ0) is 11.3. The molecule has 1 atom stereocenters. The molecule has 0 aliphatic rings. The van der Waals surface area contributed by atoms with Crippen LogP contribution in [0.5, 0.6) is 0 Å². The summed E-state index contributed by atoms with van der Waals surface area (Å²) < 4.78 is 0. The first-order valence-corrected chi connectivity index (χ1v) is 4.59. The second-order valence-corrected chi connectivity index (χ2v) is 3.78. The van der Waals surface area contributed by atoms with Crippen LogP contribution in [0, 0.1) is 5.92 Å². The lowest BCUT2D eigenvalue weighted by molar-refractivity contribution is -0.131. The normalized spacial score (nSPS) is 12.4. The highest BCUT2D eigenvalue weighted by molar-refractivity contribution is 5.87. The number of likely N-dealkylation sites (N-methyl/N-ethyl adjacent to an activating group) is 1. The van der Waals surface area contributed by atoms with Gasteiger partial charge in [0.05, 0.1) is 12.6 Å². The van der Waals surface area contributed by atoms with Gasteiger partial charge < -0.3 is 16.0 Å². The van der Waals surface area contributed by atoms with Gasteiger partial charge in [0.2, 0.25) is 11.8 Å². The maximum absolute atomic E-state index is 11.3. The van der Waals surface area contributed by atoms with E-state index in [2.05, 4.69) is 5.32 Å². The van der Waals surface area contributed by atoms with Gasteiger partial charge in [0, 0.05) is 14.1 Å². The Morgan fingerprint density at radius 2 is 1.86 bits per heavy atom. The molecule has 0 aliphatic carbocycles. The van der Waals surface area contributed by atoms with Crippen molar-refractivity contribution < 1.29 is 9.59 Å². The number of rotatable bonds is 4. The molecule has 0 aromatic carbocycles. The number of amides is 2. The number of hydrogen-bond acceptors (Lipinski definition) is 3. The molecule has 0 rings (SSSR count). The van der Waals surface area contributed by atoms with Gasteiger partial charge in [-0.1, -0.05) is 13.8 Å². The minimum Gasteiger partial charge on any atom is -0.347 e. The van der Waals surface area contributed by atoms with Gasteiger partial charge in [-0.05, 0) is 5.92 Å². The molecule has 0 unspecified atom stereocenters. The minimum atomic E-state index is -0.551. The lowest BCUT2D eigenvalue weighted by Gasteiger charge is -2.16. The van der Waals surface area contributed by atoms with Crippen LogP contribution in [0.3, 0.4) is 0 Å². The van der Waals surface area contributed by atoms with E-state index < -0.39 is 6.04 Å². The van der Waals surface area contributed by atoms with Crippen LogP contribution in [-0.4, -0.2) is 43.4 Å². The van der Waals surface area contributed by atoms with Crippen molar-refractivity contribution in [2.24, 2.45) is 11.7 Å². The maximum atomic E-state index is 11.3. The zero-order valence-corrected chi connectivity index (χ0v) is 9.20. The van der Waals surface area contributed by atoms with Crippen LogP contribution >= 0.6 is 0 Å². The average molecular weight is 201 g/mol. The van der Waals surface area contributed by atoms with Gasteiger partial charge in [-0.15, -0.1) is 0 Å². The van der Waals surface area contributed by atoms with Crippen molar-refractivity contribution in [2.45, 2.75) is 19.9 Å². The quantitative estimate of drug-likeness (QED) is 0.623. The van der Waals surface area contributed by atoms with E-state index in [4.69, 9.17) is 5.73 Å². The fourth-order valence-electron chi connectivity index (χ4n) is 0.741. The van der Waals surface area contributed by atoms with Crippen LogP contribution in [0.4, 0.5) is 0 Å². The van der Waals surface area contributed by atoms with Crippen LogP contribution in [0.2, 0.25) is 0 Å². The van der Waals surface area contributed by atoms with E-state index >= 15 is 0 Å². The van der Waals surface area contributed by atoms with Gasteiger partial charge in [0.1, 0.15) is 0 Å². The van der Waals surface area contributed by atoms with Crippen molar-refractivity contribution >= 4 is 11.8 Å². The first kappa shape index (κ1) is 12.9. The van der Waals surface area contributed by atoms with Crippen LogP contribution in [0.25, 0.3) is 0 Å². The zero-order valence-electron chi connectivity index (χ0n) is 9.20. The third kappa shape index (κ3) is 4.23. The maximum Gasteiger partial charge on any atom is 0.241 e. The van der Waals surface area contributed by atoms with E-state index in [-0.39, 0.29) is 24.3 Å². The summed E-state index contributed by atoms with van der Waals surface area (Å²) in [6, 6.07) is -0.551. The molecule has 0 saturated carbocycles. The summed E-state index contributed by atoms with van der Waals surface area (Å²) in [6.07, 6.45) is 0. The number of nitrogens with zero attached hydrogens (tertiary/aromatic N) is 1. The minimum absolute atomic E-state index is 0.00620. The largest absolute Gasteiger partial charge is 0.347 e. The van der Waals surface area contributed by atoms with E-state index in [1.165, 1.54) is 4.90 Å². The van der Waals surface area contributed by atoms with Crippen molar-refractivity contribution in [3.05, 3.63) is 0 Å². The molecule has 0 radical (unpaired) electrons. The summed E-state index contributed by atoms with van der Waals surface area (Å²) in [7, 11) is 3.27. The smallest absolute Gasteiger partial charge is 0.241 e. The number of carbonyl (C=O) groups excluding carboxylic acids is 2. The topological polar surface area (TPSA) is 75.4 Å². The van der Waals surface area contributed by atoms with Crippen molar-refractivity contribution in [1.82, 2.24) is 10.2 Å². The molecule has 0 bridgehead atoms. The molecule has 0 aromatic heterocycles. The van der Waals surface area contributed by atoms with Gasteiger partial charge in [-0.2, -0.15) is 0 Å². The Hall–Kier alpha value is -1.10. The highest BCUT2D eigenvalue weighted by Crippen LogP contribution is 1.97. The predicted molar refractivity (Wildman–Crippen MR) is 54.5 cm³/mol. The summed E-state index contributed by atoms with van der Waals surface area (Å²) in [5.41, 5.74) is 5.59. The van der Waals surface area contributed by atoms with Crippen molar-refractivity contribution in [1.29, 1.82) is 0 Å². The Kier molecular flexibility index (Phi) is 5.15. The Balaban J connectivity index is 3.91. The first-order valence-electron chi connectivity index (χ1n) is 4.59. The lowest BCUT2D eigenvalue weighted by Crippen LogP contribution is -2.46. The summed E-state index contributed by atoms with van der Waals surface area (Å²) in [6.45, 7) is 3.72. The van der Waals surface area contributed by atoms with Crippen molar-refractivity contribution in [3.8, 4) is 0 Å². The summed E-state index contributed by atoms with van der Waals surface area (Å²) in [4.78, 5) is 23.8. The van der Waals surface area contributed by atoms with Crippen LogP contribution in [0.15, 0.2) is 0 Å². The summed E-state index contributed by atoms with van der Waals surface area (Å²) in [5.74, 6) is -0.353. The predicted octanol–water partition coefficient (Wildman–Crippen LogP) is -0.826. The van der Waals surface area contributed by atoms with Gasteiger partial charge >= 0.3 is 0 Å². The average Bonchev–Trinajstić information content (AvgIpc) is 2.11. The Morgan fingerprint density at radius 3 is 2.21 bits per heavy atom. The van der Waals surface area contributed by atoms with Crippen LogP contribution < -0.4 is 11.1 Å². The van der Waals surface area contributed by atoms with E-state index in [1.807, 2.05) is 13.8 Å². The highest BCUT2D eigenvalue weighted by atomic mass is 16.2. The molecule has 0 saturated heterocycles.